The van der Waals surface area contributed by atoms with Crippen LogP contribution in [0.25, 0.3) is 0 Å². The van der Waals surface area contributed by atoms with Crippen molar-refractivity contribution in [3.63, 3.8) is 0 Å². The minimum absolute atomic E-state index is 0.0265. The number of nitro groups is 1. The van der Waals surface area contributed by atoms with Crippen LogP contribution in [0.15, 0.2) is 53.4 Å². The second kappa shape index (κ2) is 10.5. The average Bonchev–Trinajstić information content (AvgIpc) is 2.67. The number of nitrogens with one attached hydrogen (secondary N) is 2. The molecule has 0 saturated heterocycles. The zero-order valence-electron chi connectivity index (χ0n) is 15.8. The summed E-state index contributed by atoms with van der Waals surface area (Å²) in [6.07, 6.45) is 1.85. The number of rotatable bonds is 9. The van der Waals surface area contributed by atoms with E-state index in [0.29, 0.717) is 24.2 Å². The Kier molecular flexibility index (Phi) is 8.01. The van der Waals surface area contributed by atoms with E-state index in [1.54, 1.807) is 0 Å². The van der Waals surface area contributed by atoms with E-state index >= 15 is 0 Å². The third-order valence-electron chi connectivity index (χ3n) is 3.88. The quantitative estimate of drug-likeness (QED) is 0.355. The summed E-state index contributed by atoms with van der Waals surface area (Å²) in [5.74, 6) is -0.214. The lowest BCUT2D eigenvalue weighted by atomic mass is 10.2. The summed E-state index contributed by atoms with van der Waals surface area (Å²) in [4.78, 5) is 35.4. The van der Waals surface area contributed by atoms with Gasteiger partial charge in [-0.05, 0) is 43.2 Å². The molecular formula is C20H23N3O4S. The van der Waals surface area contributed by atoms with Crippen molar-refractivity contribution in [2.24, 2.45) is 0 Å². The van der Waals surface area contributed by atoms with E-state index in [0.717, 1.165) is 11.3 Å². The van der Waals surface area contributed by atoms with Crippen LogP contribution in [-0.2, 0) is 9.59 Å². The number of carbonyl (C=O) groups excluding carboxylic acids is 2. The molecule has 2 aromatic rings. The van der Waals surface area contributed by atoms with Crippen LogP contribution in [0.1, 0.15) is 33.1 Å². The van der Waals surface area contributed by atoms with Crippen LogP contribution in [0, 0.1) is 10.1 Å². The number of benzene rings is 2. The molecule has 7 nitrogen and oxygen atoms in total. The Bertz CT molecular complexity index is 840. The second-order valence-electron chi connectivity index (χ2n) is 6.13. The molecule has 1 unspecified atom stereocenters. The first kappa shape index (κ1) is 21.4. The van der Waals surface area contributed by atoms with E-state index < -0.39 is 4.92 Å². The van der Waals surface area contributed by atoms with Crippen molar-refractivity contribution in [2.75, 3.05) is 10.6 Å². The first-order valence-corrected chi connectivity index (χ1v) is 9.92. The molecule has 2 N–H and O–H groups in total. The molecule has 0 heterocycles. The number of carbonyl (C=O) groups is 2. The fourth-order valence-electron chi connectivity index (χ4n) is 2.47. The van der Waals surface area contributed by atoms with Crippen molar-refractivity contribution in [2.45, 2.75) is 43.3 Å². The summed E-state index contributed by atoms with van der Waals surface area (Å²) < 4.78 is 0. The van der Waals surface area contributed by atoms with E-state index in [-0.39, 0.29) is 22.8 Å². The van der Waals surface area contributed by atoms with E-state index in [9.17, 15) is 19.7 Å². The van der Waals surface area contributed by atoms with Gasteiger partial charge in [0.2, 0.25) is 11.8 Å². The second-order valence-corrected chi connectivity index (χ2v) is 7.41. The van der Waals surface area contributed by atoms with Crippen LogP contribution in [0.3, 0.4) is 0 Å². The lowest BCUT2D eigenvalue weighted by Crippen LogP contribution is -2.24. The topological polar surface area (TPSA) is 101 Å². The maximum Gasteiger partial charge on any atom is 0.269 e. The molecule has 0 saturated carbocycles. The van der Waals surface area contributed by atoms with Crippen LogP contribution < -0.4 is 10.6 Å². The summed E-state index contributed by atoms with van der Waals surface area (Å²) in [5.41, 5.74) is 1.19. The summed E-state index contributed by atoms with van der Waals surface area (Å²) in [6, 6.07) is 13.1. The predicted molar refractivity (Wildman–Crippen MR) is 112 cm³/mol. The van der Waals surface area contributed by atoms with Crippen LogP contribution in [-0.4, -0.2) is 22.0 Å². The zero-order valence-corrected chi connectivity index (χ0v) is 16.6. The summed E-state index contributed by atoms with van der Waals surface area (Å²) >= 11 is 1.41. The number of thioether (sulfide) groups is 1. The number of nitro benzene ring substituents is 1. The van der Waals surface area contributed by atoms with Crippen molar-refractivity contribution in [1.82, 2.24) is 0 Å². The maximum absolute atomic E-state index is 12.6. The van der Waals surface area contributed by atoms with Gasteiger partial charge in [0.25, 0.3) is 5.69 Å². The minimum atomic E-state index is -0.484. The molecule has 0 bridgehead atoms. The Balaban J connectivity index is 2.01. The molecule has 0 aliphatic rings. The summed E-state index contributed by atoms with van der Waals surface area (Å²) in [7, 11) is 0. The largest absolute Gasteiger partial charge is 0.326 e. The Hall–Kier alpha value is -2.87. The van der Waals surface area contributed by atoms with Crippen molar-refractivity contribution in [1.29, 1.82) is 0 Å². The molecule has 0 spiro atoms. The number of nitrogens with zero attached hydrogens (tertiary/aromatic N) is 1. The van der Waals surface area contributed by atoms with Gasteiger partial charge in [-0.1, -0.05) is 19.9 Å². The Morgan fingerprint density at radius 3 is 2.39 bits per heavy atom. The number of anilines is 2. The van der Waals surface area contributed by atoms with Gasteiger partial charge < -0.3 is 10.6 Å². The van der Waals surface area contributed by atoms with Crippen molar-refractivity contribution in [3.05, 3.63) is 58.6 Å². The highest BCUT2D eigenvalue weighted by Crippen LogP contribution is 2.29. The highest BCUT2D eigenvalue weighted by molar-refractivity contribution is 8.00. The SMILES string of the molecule is CCCC(=O)Nc1cccc(SC(CC)C(=O)Nc2ccc([N+](=O)[O-])cc2)c1. The molecule has 0 radical (unpaired) electrons. The monoisotopic (exact) mass is 401 g/mol. The Labute approximate surface area is 168 Å². The predicted octanol–water partition coefficient (Wildman–Crippen LogP) is 4.84. The van der Waals surface area contributed by atoms with Crippen molar-refractivity contribution >= 4 is 40.6 Å². The minimum Gasteiger partial charge on any atom is -0.326 e. The van der Waals surface area contributed by atoms with Crippen LogP contribution in [0.4, 0.5) is 17.1 Å². The molecule has 2 amide bonds. The van der Waals surface area contributed by atoms with E-state index in [4.69, 9.17) is 0 Å². The molecule has 28 heavy (non-hydrogen) atoms. The highest BCUT2D eigenvalue weighted by atomic mass is 32.2. The fourth-order valence-corrected chi connectivity index (χ4v) is 3.49. The van der Waals surface area contributed by atoms with Gasteiger partial charge in [0, 0.05) is 34.8 Å². The number of hydrogen-bond donors (Lipinski definition) is 2. The van der Waals surface area contributed by atoms with Gasteiger partial charge in [-0.2, -0.15) is 0 Å². The molecular weight excluding hydrogens is 378 g/mol. The molecule has 0 fully saturated rings. The van der Waals surface area contributed by atoms with Crippen LogP contribution >= 0.6 is 11.8 Å². The smallest absolute Gasteiger partial charge is 0.269 e. The molecule has 1 atom stereocenters. The Morgan fingerprint density at radius 1 is 1.07 bits per heavy atom. The van der Waals surface area contributed by atoms with Gasteiger partial charge in [-0.15, -0.1) is 11.8 Å². The standard InChI is InChI=1S/C20H23N3O4S/c1-3-6-19(24)21-15-7-5-8-17(13-15)28-18(4-2)20(25)22-14-9-11-16(12-10-14)23(26)27/h5,7-13,18H,3-4,6H2,1-2H3,(H,21,24)(H,22,25). The Morgan fingerprint density at radius 2 is 1.79 bits per heavy atom. The summed E-state index contributed by atoms with van der Waals surface area (Å²) in [5, 5.41) is 16.0. The molecule has 0 aromatic heterocycles. The van der Waals surface area contributed by atoms with E-state index in [1.165, 1.54) is 36.0 Å². The highest BCUT2D eigenvalue weighted by Gasteiger charge is 2.19. The van der Waals surface area contributed by atoms with Gasteiger partial charge >= 0.3 is 0 Å². The molecule has 2 rings (SSSR count). The van der Waals surface area contributed by atoms with Crippen LogP contribution in [0.2, 0.25) is 0 Å². The molecule has 2 aromatic carbocycles. The lowest BCUT2D eigenvalue weighted by Gasteiger charge is -2.15. The normalized spacial score (nSPS) is 11.5. The zero-order chi connectivity index (χ0) is 20.5. The number of amides is 2. The maximum atomic E-state index is 12.6. The third-order valence-corrected chi connectivity index (χ3v) is 5.24. The van der Waals surface area contributed by atoms with Gasteiger partial charge in [0.05, 0.1) is 10.2 Å². The van der Waals surface area contributed by atoms with Crippen molar-refractivity contribution in [3.8, 4) is 0 Å². The molecule has 148 valence electrons. The van der Waals surface area contributed by atoms with Gasteiger partial charge in [0.15, 0.2) is 0 Å². The number of hydrogen-bond acceptors (Lipinski definition) is 5. The molecule has 0 aliphatic carbocycles. The first-order valence-electron chi connectivity index (χ1n) is 9.04. The molecule has 0 aliphatic heterocycles. The molecule has 8 heteroatoms. The lowest BCUT2D eigenvalue weighted by molar-refractivity contribution is -0.384. The van der Waals surface area contributed by atoms with E-state index in [2.05, 4.69) is 10.6 Å². The van der Waals surface area contributed by atoms with E-state index in [1.807, 2.05) is 38.1 Å². The summed E-state index contributed by atoms with van der Waals surface area (Å²) in [6.45, 7) is 3.86. The average molecular weight is 401 g/mol. The van der Waals surface area contributed by atoms with Gasteiger partial charge in [-0.25, -0.2) is 0 Å². The van der Waals surface area contributed by atoms with Crippen molar-refractivity contribution < 1.29 is 14.5 Å². The fraction of sp³-hybridized carbons (Fsp3) is 0.300. The first-order chi connectivity index (χ1) is 13.4. The van der Waals surface area contributed by atoms with Crippen LogP contribution in [0.5, 0.6) is 0 Å². The van der Waals surface area contributed by atoms with Gasteiger partial charge in [-0.3, -0.25) is 19.7 Å². The number of non-ortho nitro benzene ring substituents is 1. The van der Waals surface area contributed by atoms with Gasteiger partial charge in [0.1, 0.15) is 0 Å². The third kappa shape index (κ3) is 6.38.